The number of sulfone groups is 1. The van der Waals surface area contributed by atoms with Gasteiger partial charge in [-0.05, 0) is 42.8 Å². The molecule has 7 nitrogen and oxygen atoms in total. The van der Waals surface area contributed by atoms with Gasteiger partial charge in [0.1, 0.15) is 0 Å². The molecule has 0 spiro atoms. The molecule has 1 aliphatic rings. The Morgan fingerprint density at radius 3 is 2.36 bits per heavy atom. The zero-order valence-electron chi connectivity index (χ0n) is 15.5. The number of amides is 1. The summed E-state index contributed by atoms with van der Waals surface area (Å²) >= 11 is 0. The van der Waals surface area contributed by atoms with Gasteiger partial charge in [-0.15, -0.1) is 0 Å². The molecule has 0 aromatic heterocycles. The molecule has 2 aromatic carbocycles. The van der Waals surface area contributed by atoms with E-state index in [4.69, 9.17) is 0 Å². The van der Waals surface area contributed by atoms with Crippen molar-refractivity contribution in [2.75, 3.05) is 35.4 Å². The number of nitrogens with one attached hydrogen (secondary N) is 1. The van der Waals surface area contributed by atoms with Crippen molar-refractivity contribution in [1.29, 1.82) is 0 Å². The highest BCUT2D eigenvalue weighted by atomic mass is 32.2. The second kappa shape index (κ2) is 8.43. The second-order valence-corrected chi connectivity index (χ2v) is 8.81. The molecule has 8 heteroatoms. The van der Waals surface area contributed by atoms with E-state index in [1.54, 1.807) is 41.3 Å². The van der Waals surface area contributed by atoms with E-state index in [0.717, 1.165) is 0 Å². The topological polar surface area (TPSA) is 92.8 Å². The summed E-state index contributed by atoms with van der Waals surface area (Å²) in [7, 11) is -1.81. The van der Waals surface area contributed by atoms with Crippen LogP contribution in [0.3, 0.4) is 0 Å². The Morgan fingerprint density at radius 2 is 1.79 bits per heavy atom. The fourth-order valence-corrected chi connectivity index (χ4v) is 4.93. The Balaban J connectivity index is 1.72. The molecule has 1 atom stereocenters. The molecule has 1 N–H and O–H groups in total. The van der Waals surface area contributed by atoms with Gasteiger partial charge in [0.25, 0.3) is 0 Å². The molecule has 1 amide bonds. The lowest BCUT2D eigenvalue weighted by molar-refractivity contribution is -0.117. The number of hydrogen-bond donors (Lipinski definition) is 1. The Kier molecular flexibility index (Phi) is 5.99. The second-order valence-electron chi connectivity index (χ2n) is 6.58. The molecule has 1 heterocycles. The zero-order chi connectivity index (χ0) is 20.1. The minimum absolute atomic E-state index is 0.00299. The smallest absolute Gasteiger partial charge is 0.337 e. The van der Waals surface area contributed by atoms with Crippen LogP contribution in [0.4, 0.5) is 11.4 Å². The number of carbonyl (C=O) groups excluding carboxylic acids is 2. The largest absolute Gasteiger partial charge is 0.465 e. The number of para-hydroxylation sites is 1. The predicted octanol–water partition coefficient (Wildman–Crippen LogP) is 2.11. The minimum Gasteiger partial charge on any atom is -0.465 e. The molecular weight excluding hydrogens is 380 g/mol. The Bertz CT molecular complexity index is 942. The fourth-order valence-electron chi connectivity index (χ4n) is 3.23. The zero-order valence-corrected chi connectivity index (χ0v) is 16.3. The molecule has 28 heavy (non-hydrogen) atoms. The molecule has 0 unspecified atom stereocenters. The summed E-state index contributed by atoms with van der Waals surface area (Å²) in [6.45, 7) is 0.00299. The van der Waals surface area contributed by atoms with Gasteiger partial charge in [-0.1, -0.05) is 18.2 Å². The first-order valence-electron chi connectivity index (χ1n) is 8.89. The third-order valence-corrected chi connectivity index (χ3v) is 6.38. The fraction of sp³-hybridized carbons (Fsp3) is 0.300. The molecule has 148 valence electrons. The van der Waals surface area contributed by atoms with Crippen molar-refractivity contribution in [2.24, 2.45) is 0 Å². The van der Waals surface area contributed by atoms with Crippen LogP contribution in [-0.2, 0) is 19.4 Å². The van der Waals surface area contributed by atoms with E-state index in [1.807, 2.05) is 18.2 Å². The van der Waals surface area contributed by atoms with Crippen LogP contribution >= 0.6 is 0 Å². The van der Waals surface area contributed by atoms with Crippen LogP contribution in [0.15, 0.2) is 54.6 Å². The first-order chi connectivity index (χ1) is 13.4. The molecule has 1 fully saturated rings. The van der Waals surface area contributed by atoms with E-state index in [2.05, 4.69) is 10.1 Å². The van der Waals surface area contributed by atoms with Gasteiger partial charge in [0.15, 0.2) is 9.84 Å². The van der Waals surface area contributed by atoms with Crippen LogP contribution in [0.2, 0.25) is 0 Å². The first-order valence-corrected chi connectivity index (χ1v) is 10.7. The number of rotatable bonds is 6. The van der Waals surface area contributed by atoms with Crippen molar-refractivity contribution in [3.8, 4) is 0 Å². The van der Waals surface area contributed by atoms with Gasteiger partial charge >= 0.3 is 5.97 Å². The molecular formula is C20H22N2O5S. The quantitative estimate of drug-likeness (QED) is 0.744. The van der Waals surface area contributed by atoms with Crippen molar-refractivity contribution in [3.05, 3.63) is 60.2 Å². The van der Waals surface area contributed by atoms with Crippen LogP contribution < -0.4 is 10.2 Å². The summed E-state index contributed by atoms with van der Waals surface area (Å²) in [6, 6.07) is 15.3. The lowest BCUT2D eigenvalue weighted by Crippen LogP contribution is -2.44. The lowest BCUT2D eigenvalue weighted by atomic mass is 10.1. The highest BCUT2D eigenvalue weighted by molar-refractivity contribution is 7.91. The van der Waals surface area contributed by atoms with Crippen molar-refractivity contribution in [2.45, 2.75) is 12.5 Å². The average molecular weight is 402 g/mol. The highest BCUT2D eigenvalue weighted by Crippen LogP contribution is 2.24. The van der Waals surface area contributed by atoms with E-state index in [0.29, 0.717) is 23.4 Å². The normalized spacial score (nSPS) is 17.7. The summed E-state index contributed by atoms with van der Waals surface area (Å²) in [6.07, 6.45) is 0.427. The number of nitrogens with zero attached hydrogens (tertiary/aromatic N) is 1. The summed E-state index contributed by atoms with van der Waals surface area (Å²) in [5.74, 6) is -0.580. The number of anilines is 2. The van der Waals surface area contributed by atoms with Gasteiger partial charge < -0.3 is 15.0 Å². The van der Waals surface area contributed by atoms with E-state index < -0.39 is 15.8 Å². The molecule has 3 rings (SSSR count). The van der Waals surface area contributed by atoms with Crippen LogP contribution in [0, 0.1) is 0 Å². The molecule has 0 saturated carbocycles. The van der Waals surface area contributed by atoms with Crippen molar-refractivity contribution in [1.82, 2.24) is 0 Å². The number of benzene rings is 2. The Labute approximate surface area is 164 Å². The number of ether oxygens (including phenoxy) is 1. The van der Waals surface area contributed by atoms with Crippen molar-refractivity contribution in [3.63, 3.8) is 0 Å². The van der Waals surface area contributed by atoms with Crippen LogP contribution in [0.25, 0.3) is 0 Å². The summed E-state index contributed by atoms with van der Waals surface area (Å²) in [5.41, 5.74) is 1.77. The number of carbonyl (C=O) groups is 2. The average Bonchev–Trinajstić information content (AvgIpc) is 3.06. The summed E-state index contributed by atoms with van der Waals surface area (Å²) < 4.78 is 28.5. The van der Waals surface area contributed by atoms with Gasteiger partial charge in [0.05, 0.1) is 36.8 Å². The van der Waals surface area contributed by atoms with Crippen LogP contribution in [0.5, 0.6) is 0 Å². The lowest BCUT2D eigenvalue weighted by Gasteiger charge is -2.28. The number of hydrogen-bond acceptors (Lipinski definition) is 6. The van der Waals surface area contributed by atoms with E-state index in [9.17, 15) is 18.0 Å². The third-order valence-electron chi connectivity index (χ3n) is 4.63. The van der Waals surface area contributed by atoms with Crippen LogP contribution in [-0.4, -0.2) is 51.5 Å². The molecule has 0 radical (unpaired) electrons. The Hall–Kier alpha value is -2.87. The molecule has 2 aromatic rings. The van der Waals surface area contributed by atoms with Crippen LogP contribution in [0.1, 0.15) is 16.8 Å². The van der Waals surface area contributed by atoms with Crippen molar-refractivity contribution >= 4 is 33.1 Å². The molecule has 1 aliphatic heterocycles. The standard InChI is InChI=1S/C20H22N2O5S/c1-27-20(24)15-7-9-16(10-8-15)21-13-19(23)22(17-5-3-2-4-6-17)18-11-12-28(25,26)14-18/h2-10,18,21H,11-14H2,1H3/t18-/m0/s1. The van der Waals surface area contributed by atoms with E-state index in [1.165, 1.54) is 7.11 Å². The first kappa shape index (κ1) is 19.9. The van der Waals surface area contributed by atoms with Gasteiger partial charge in [0.2, 0.25) is 5.91 Å². The molecule has 0 bridgehead atoms. The summed E-state index contributed by atoms with van der Waals surface area (Å²) in [4.78, 5) is 26.0. The molecule has 0 aliphatic carbocycles. The highest BCUT2D eigenvalue weighted by Gasteiger charge is 2.35. The maximum atomic E-state index is 12.9. The number of methoxy groups -OCH3 is 1. The maximum absolute atomic E-state index is 12.9. The SMILES string of the molecule is COC(=O)c1ccc(NCC(=O)N(c2ccccc2)[C@H]2CCS(=O)(=O)C2)cc1. The van der Waals surface area contributed by atoms with Gasteiger partial charge in [-0.3, -0.25) is 4.79 Å². The minimum atomic E-state index is -3.12. The van der Waals surface area contributed by atoms with Gasteiger partial charge in [-0.25, -0.2) is 13.2 Å². The van der Waals surface area contributed by atoms with E-state index >= 15 is 0 Å². The molecule has 1 saturated heterocycles. The van der Waals surface area contributed by atoms with Gasteiger partial charge in [-0.2, -0.15) is 0 Å². The predicted molar refractivity (Wildman–Crippen MR) is 107 cm³/mol. The monoisotopic (exact) mass is 402 g/mol. The Morgan fingerprint density at radius 1 is 1.11 bits per heavy atom. The summed E-state index contributed by atoms with van der Waals surface area (Å²) in [5, 5.41) is 3.03. The maximum Gasteiger partial charge on any atom is 0.337 e. The van der Waals surface area contributed by atoms with Gasteiger partial charge in [0, 0.05) is 11.4 Å². The number of esters is 1. The van der Waals surface area contributed by atoms with E-state index in [-0.39, 0.29) is 30.0 Å². The third kappa shape index (κ3) is 4.69. The van der Waals surface area contributed by atoms with Crippen molar-refractivity contribution < 1.29 is 22.7 Å².